The quantitative estimate of drug-likeness (QED) is 0.592. The molecule has 1 aromatic rings. The van der Waals surface area contributed by atoms with E-state index in [1.54, 1.807) is 0 Å². The van der Waals surface area contributed by atoms with Crippen molar-refractivity contribution in [3.8, 4) is 0 Å². The molecule has 4 N–H and O–H groups in total. The zero-order valence-electron chi connectivity index (χ0n) is 7.28. The predicted molar refractivity (Wildman–Crippen MR) is 44.5 cm³/mol. The average molecular weight is 170 g/mol. The summed E-state index contributed by atoms with van der Waals surface area (Å²) in [5, 5.41) is 19.2. The van der Waals surface area contributed by atoms with Gasteiger partial charge in [-0.3, -0.25) is 0 Å². The second-order valence-electron chi connectivity index (χ2n) is 3.04. The molecule has 0 fully saturated rings. The minimum atomic E-state index is -0.429. The lowest BCUT2D eigenvalue weighted by Crippen LogP contribution is -2.17. The summed E-state index contributed by atoms with van der Waals surface area (Å²) in [7, 11) is 0. The second-order valence-corrected chi connectivity index (χ2v) is 3.04. The Morgan fingerprint density at radius 2 is 2.00 bits per heavy atom. The Labute approximate surface area is 71.0 Å². The summed E-state index contributed by atoms with van der Waals surface area (Å²) in [4.78, 5) is 0. The van der Waals surface area contributed by atoms with Gasteiger partial charge in [-0.1, -0.05) is 13.8 Å². The summed E-state index contributed by atoms with van der Waals surface area (Å²) >= 11 is 0. The summed E-state index contributed by atoms with van der Waals surface area (Å²) in [6, 6.07) is -0.429. The molecule has 0 aliphatic rings. The lowest BCUT2D eigenvalue weighted by Gasteiger charge is -2.07. The average Bonchev–Trinajstić information content (AvgIpc) is 2.50. The molecule has 0 aliphatic heterocycles. The number of aliphatic hydroxyl groups excluding tert-OH is 1. The molecule has 1 atom stereocenters. The largest absolute Gasteiger partial charge is 0.394 e. The molecule has 0 saturated carbocycles. The molecule has 1 aromatic heterocycles. The second kappa shape index (κ2) is 3.64. The molecule has 0 bridgehead atoms. The highest BCUT2D eigenvalue weighted by atomic mass is 16.3. The van der Waals surface area contributed by atoms with Gasteiger partial charge in [-0.15, -0.1) is 0 Å². The molecule has 5 heteroatoms. The fourth-order valence-corrected chi connectivity index (χ4v) is 1.03. The fourth-order valence-electron chi connectivity index (χ4n) is 1.03. The van der Waals surface area contributed by atoms with Crippen molar-refractivity contribution in [3.63, 3.8) is 0 Å². The van der Waals surface area contributed by atoms with Gasteiger partial charge in [0.2, 0.25) is 0 Å². The van der Waals surface area contributed by atoms with Crippen LogP contribution in [0.3, 0.4) is 0 Å². The first kappa shape index (κ1) is 9.15. The van der Waals surface area contributed by atoms with Gasteiger partial charge < -0.3 is 10.8 Å². The van der Waals surface area contributed by atoms with Crippen LogP contribution in [-0.4, -0.2) is 27.1 Å². The van der Waals surface area contributed by atoms with Crippen LogP contribution < -0.4 is 5.73 Å². The maximum atomic E-state index is 8.81. The number of aromatic amines is 1. The van der Waals surface area contributed by atoms with Crippen molar-refractivity contribution in [2.45, 2.75) is 25.8 Å². The summed E-state index contributed by atoms with van der Waals surface area (Å²) < 4.78 is 0. The van der Waals surface area contributed by atoms with Crippen LogP contribution in [0, 0.1) is 0 Å². The van der Waals surface area contributed by atoms with Crippen LogP contribution in [0.4, 0.5) is 0 Å². The highest BCUT2D eigenvalue weighted by molar-refractivity contribution is 5.16. The Kier molecular flexibility index (Phi) is 2.78. The minimum Gasteiger partial charge on any atom is -0.394 e. The number of aromatic nitrogens is 3. The van der Waals surface area contributed by atoms with Gasteiger partial charge in [0.05, 0.1) is 18.3 Å². The number of nitrogens with two attached hydrogens (primary N) is 1. The van der Waals surface area contributed by atoms with E-state index in [0.29, 0.717) is 5.69 Å². The van der Waals surface area contributed by atoms with Crippen molar-refractivity contribution < 1.29 is 5.11 Å². The molecule has 0 aliphatic carbocycles. The number of nitrogens with one attached hydrogen (secondary N) is 1. The van der Waals surface area contributed by atoms with E-state index in [2.05, 4.69) is 15.4 Å². The van der Waals surface area contributed by atoms with E-state index in [9.17, 15) is 0 Å². The van der Waals surface area contributed by atoms with Crippen molar-refractivity contribution >= 4 is 0 Å². The topological polar surface area (TPSA) is 87.8 Å². The first-order chi connectivity index (χ1) is 5.66. The van der Waals surface area contributed by atoms with Crippen LogP contribution in [0.2, 0.25) is 0 Å². The van der Waals surface area contributed by atoms with Gasteiger partial charge in [-0.2, -0.15) is 15.4 Å². The summed E-state index contributed by atoms with van der Waals surface area (Å²) in [5.74, 6) is 0.274. The highest BCUT2D eigenvalue weighted by Crippen LogP contribution is 2.18. The van der Waals surface area contributed by atoms with Gasteiger partial charge in [-0.05, 0) is 5.92 Å². The van der Waals surface area contributed by atoms with Crippen molar-refractivity contribution in [3.05, 3.63) is 11.4 Å². The smallest absolute Gasteiger partial charge is 0.105 e. The molecule has 1 heterocycles. The van der Waals surface area contributed by atoms with Crippen LogP contribution in [0.5, 0.6) is 0 Å². The number of nitrogens with zero attached hydrogens (tertiary/aromatic N) is 2. The van der Waals surface area contributed by atoms with Gasteiger partial charge in [0.15, 0.2) is 0 Å². The van der Waals surface area contributed by atoms with E-state index < -0.39 is 6.04 Å². The van der Waals surface area contributed by atoms with E-state index in [0.717, 1.165) is 5.69 Å². The highest BCUT2D eigenvalue weighted by Gasteiger charge is 2.16. The Hall–Kier alpha value is -0.940. The maximum Gasteiger partial charge on any atom is 0.105 e. The van der Waals surface area contributed by atoms with Gasteiger partial charge >= 0.3 is 0 Å². The van der Waals surface area contributed by atoms with Crippen LogP contribution in [0.1, 0.15) is 37.2 Å². The van der Waals surface area contributed by atoms with Crippen molar-refractivity contribution in [2.75, 3.05) is 6.61 Å². The number of rotatable bonds is 3. The zero-order valence-corrected chi connectivity index (χ0v) is 7.28. The molecule has 0 spiro atoms. The molecule has 68 valence electrons. The van der Waals surface area contributed by atoms with Crippen molar-refractivity contribution in [1.82, 2.24) is 15.4 Å². The predicted octanol–water partition coefficient (Wildman–Crippen LogP) is -0.0798. The van der Waals surface area contributed by atoms with Crippen LogP contribution in [0.15, 0.2) is 0 Å². The lowest BCUT2D eigenvalue weighted by atomic mass is 10.1. The molecule has 1 unspecified atom stereocenters. The van der Waals surface area contributed by atoms with Crippen LogP contribution in [-0.2, 0) is 0 Å². The van der Waals surface area contributed by atoms with Gasteiger partial charge in [0, 0.05) is 0 Å². The SMILES string of the molecule is CC(C)c1n[nH]nc1C(N)CO. The number of aliphatic hydroxyl groups is 1. The van der Waals surface area contributed by atoms with E-state index in [1.807, 2.05) is 13.8 Å². The standard InChI is InChI=1S/C7H14N4O/c1-4(2)6-7(5(8)3-12)10-11-9-6/h4-5,12H,3,8H2,1-2H3,(H,9,10,11). The molecule has 0 aromatic carbocycles. The molecule has 1 rings (SSSR count). The maximum absolute atomic E-state index is 8.81. The Bertz CT molecular complexity index is 245. The lowest BCUT2D eigenvalue weighted by molar-refractivity contribution is 0.265. The number of hydrogen-bond donors (Lipinski definition) is 3. The summed E-state index contributed by atoms with van der Waals surface area (Å²) in [6.07, 6.45) is 0. The third-order valence-corrected chi connectivity index (χ3v) is 1.70. The Balaban J connectivity index is 2.91. The monoisotopic (exact) mass is 170 g/mol. The Morgan fingerprint density at radius 1 is 1.42 bits per heavy atom. The molecule has 5 nitrogen and oxygen atoms in total. The zero-order chi connectivity index (χ0) is 9.14. The molecule has 12 heavy (non-hydrogen) atoms. The van der Waals surface area contributed by atoms with Crippen LogP contribution >= 0.6 is 0 Å². The van der Waals surface area contributed by atoms with Crippen molar-refractivity contribution in [2.24, 2.45) is 5.73 Å². The molecule has 0 amide bonds. The first-order valence-electron chi connectivity index (χ1n) is 3.93. The molecular formula is C7H14N4O. The third-order valence-electron chi connectivity index (χ3n) is 1.70. The number of hydrogen-bond acceptors (Lipinski definition) is 4. The van der Waals surface area contributed by atoms with Crippen molar-refractivity contribution in [1.29, 1.82) is 0 Å². The number of H-pyrrole nitrogens is 1. The molecule has 0 saturated heterocycles. The molecular weight excluding hydrogens is 156 g/mol. The third kappa shape index (κ3) is 1.62. The van der Waals surface area contributed by atoms with E-state index in [4.69, 9.17) is 10.8 Å². The van der Waals surface area contributed by atoms with E-state index >= 15 is 0 Å². The van der Waals surface area contributed by atoms with Gasteiger partial charge in [-0.25, -0.2) is 0 Å². The molecule has 0 radical (unpaired) electrons. The van der Waals surface area contributed by atoms with Gasteiger partial charge in [0.25, 0.3) is 0 Å². The fraction of sp³-hybridized carbons (Fsp3) is 0.714. The minimum absolute atomic E-state index is 0.105. The summed E-state index contributed by atoms with van der Waals surface area (Å²) in [6.45, 7) is 3.91. The normalized spacial score (nSPS) is 13.8. The Morgan fingerprint density at radius 3 is 2.50 bits per heavy atom. The van der Waals surface area contributed by atoms with Crippen LogP contribution in [0.25, 0.3) is 0 Å². The van der Waals surface area contributed by atoms with Gasteiger partial charge in [0.1, 0.15) is 5.69 Å². The summed E-state index contributed by atoms with van der Waals surface area (Å²) in [5.41, 5.74) is 7.09. The van der Waals surface area contributed by atoms with E-state index in [1.165, 1.54) is 0 Å². The van der Waals surface area contributed by atoms with E-state index in [-0.39, 0.29) is 12.5 Å². The first-order valence-corrected chi connectivity index (χ1v) is 3.93.